The minimum Gasteiger partial charge on any atom is -0.342 e. The number of piperidine rings is 1. The fourth-order valence-electron chi connectivity index (χ4n) is 2.77. The molecule has 0 radical (unpaired) electrons. The van der Waals surface area contributed by atoms with Gasteiger partial charge in [0.25, 0.3) is 0 Å². The molecule has 1 aliphatic rings. The van der Waals surface area contributed by atoms with Crippen molar-refractivity contribution in [1.82, 2.24) is 9.80 Å². The topological polar surface area (TPSA) is 23.6 Å². The summed E-state index contributed by atoms with van der Waals surface area (Å²) in [6, 6.07) is 0.639. The number of likely N-dealkylation sites (tertiary alicyclic amines) is 1. The Bertz CT molecular complexity index is 273. The lowest BCUT2D eigenvalue weighted by Gasteiger charge is -2.39. The van der Waals surface area contributed by atoms with Crippen LogP contribution in [0, 0.1) is 11.3 Å². The molecule has 0 aliphatic carbocycles. The van der Waals surface area contributed by atoms with Crippen molar-refractivity contribution in [3.05, 3.63) is 0 Å². The second-order valence-corrected chi connectivity index (χ2v) is 7.19. The van der Waals surface area contributed by atoms with Crippen molar-refractivity contribution in [2.24, 2.45) is 11.3 Å². The standard InChI is InChI=1S/C15H30N2O/c1-12(2)14(18)17-9-7-13(8-10-17)16(6)11-15(3,4)5/h12-13H,7-11H2,1-6H3. The fraction of sp³-hybridized carbons (Fsp3) is 0.933. The van der Waals surface area contributed by atoms with Gasteiger partial charge in [-0.15, -0.1) is 0 Å². The van der Waals surface area contributed by atoms with Crippen LogP contribution in [0.4, 0.5) is 0 Å². The van der Waals surface area contributed by atoms with Crippen molar-refractivity contribution in [2.75, 3.05) is 26.7 Å². The van der Waals surface area contributed by atoms with E-state index in [9.17, 15) is 4.79 Å². The quantitative estimate of drug-likeness (QED) is 0.773. The lowest BCUT2D eigenvalue weighted by molar-refractivity contribution is -0.136. The predicted molar refractivity (Wildman–Crippen MR) is 76.5 cm³/mol. The van der Waals surface area contributed by atoms with Crippen molar-refractivity contribution in [3.63, 3.8) is 0 Å². The Morgan fingerprint density at radius 1 is 1.28 bits per heavy atom. The van der Waals surface area contributed by atoms with Crippen LogP contribution in [0.25, 0.3) is 0 Å². The van der Waals surface area contributed by atoms with Crippen LogP contribution in [0.15, 0.2) is 0 Å². The number of carbonyl (C=O) groups excluding carboxylic acids is 1. The first-order chi connectivity index (χ1) is 8.20. The summed E-state index contributed by atoms with van der Waals surface area (Å²) in [4.78, 5) is 16.4. The fourth-order valence-corrected chi connectivity index (χ4v) is 2.77. The largest absolute Gasteiger partial charge is 0.342 e. The zero-order valence-corrected chi connectivity index (χ0v) is 13.0. The summed E-state index contributed by atoms with van der Waals surface area (Å²) in [5, 5.41) is 0. The third-order valence-corrected chi connectivity index (χ3v) is 3.62. The van der Waals surface area contributed by atoms with E-state index in [1.165, 1.54) is 0 Å². The first-order valence-electron chi connectivity index (χ1n) is 7.20. The van der Waals surface area contributed by atoms with Crippen LogP contribution in [0.3, 0.4) is 0 Å². The van der Waals surface area contributed by atoms with E-state index < -0.39 is 0 Å². The lowest BCUT2D eigenvalue weighted by atomic mass is 9.94. The molecule has 0 spiro atoms. The van der Waals surface area contributed by atoms with E-state index in [1.807, 2.05) is 18.7 Å². The Morgan fingerprint density at radius 3 is 2.17 bits per heavy atom. The van der Waals surface area contributed by atoms with E-state index in [0.29, 0.717) is 17.4 Å². The number of hydrogen-bond acceptors (Lipinski definition) is 2. The molecule has 1 amide bonds. The van der Waals surface area contributed by atoms with Gasteiger partial charge in [0.05, 0.1) is 0 Å². The second-order valence-electron chi connectivity index (χ2n) is 7.19. The van der Waals surface area contributed by atoms with E-state index in [-0.39, 0.29) is 5.92 Å². The molecule has 0 unspecified atom stereocenters. The maximum atomic E-state index is 11.9. The smallest absolute Gasteiger partial charge is 0.225 e. The molecule has 3 heteroatoms. The Labute approximate surface area is 113 Å². The van der Waals surface area contributed by atoms with Gasteiger partial charge in [-0.05, 0) is 25.3 Å². The van der Waals surface area contributed by atoms with Crippen molar-refractivity contribution < 1.29 is 4.79 Å². The average Bonchev–Trinajstić information content (AvgIpc) is 2.26. The third-order valence-electron chi connectivity index (χ3n) is 3.62. The molecule has 3 nitrogen and oxygen atoms in total. The van der Waals surface area contributed by atoms with Gasteiger partial charge in [0.15, 0.2) is 0 Å². The molecule has 18 heavy (non-hydrogen) atoms. The summed E-state index contributed by atoms with van der Waals surface area (Å²) in [5.74, 6) is 0.445. The maximum absolute atomic E-state index is 11.9. The highest BCUT2D eigenvalue weighted by Crippen LogP contribution is 2.21. The molecular formula is C15H30N2O. The highest BCUT2D eigenvalue weighted by atomic mass is 16.2. The van der Waals surface area contributed by atoms with Crippen molar-refractivity contribution in [1.29, 1.82) is 0 Å². The van der Waals surface area contributed by atoms with Crippen molar-refractivity contribution >= 4 is 5.91 Å². The molecule has 1 rings (SSSR count). The minimum absolute atomic E-state index is 0.133. The van der Waals surface area contributed by atoms with Gasteiger partial charge in [-0.25, -0.2) is 0 Å². The van der Waals surface area contributed by atoms with Crippen molar-refractivity contribution in [2.45, 2.75) is 53.5 Å². The van der Waals surface area contributed by atoms with E-state index >= 15 is 0 Å². The van der Waals surface area contributed by atoms with Crippen LogP contribution in [0.2, 0.25) is 0 Å². The van der Waals surface area contributed by atoms with Crippen molar-refractivity contribution in [3.8, 4) is 0 Å². The predicted octanol–water partition coefficient (Wildman–Crippen LogP) is 2.61. The molecule has 1 aliphatic heterocycles. The highest BCUT2D eigenvalue weighted by Gasteiger charge is 2.27. The second kappa shape index (κ2) is 6.05. The first-order valence-corrected chi connectivity index (χ1v) is 7.20. The van der Waals surface area contributed by atoms with Crippen LogP contribution in [-0.4, -0.2) is 48.4 Å². The van der Waals surface area contributed by atoms with Crippen LogP contribution < -0.4 is 0 Å². The van der Waals surface area contributed by atoms with Crippen LogP contribution in [0.1, 0.15) is 47.5 Å². The molecule has 0 saturated carbocycles. The highest BCUT2D eigenvalue weighted by molar-refractivity contribution is 5.78. The Kier molecular flexibility index (Phi) is 5.20. The van der Waals surface area contributed by atoms with E-state index in [2.05, 4.69) is 32.7 Å². The average molecular weight is 254 g/mol. The normalized spacial score (nSPS) is 18.8. The first kappa shape index (κ1) is 15.5. The summed E-state index contributed by atoms with van der Waals surface area (Å²) >= 11 is 0. The maximum Gasteiger partial charge on any atom is 0.225 e. The van der Waals surface area contributed by atoms with Gasteiger partial charge in [0.2, 0.25) is 5.91 Å². The monoisotopic (exact) mass is 254 g/mol. The summed E-state index contributed by atoms with van der Waals surface area (Å²) in [5.41, 5.74) is 0.347. The van der Waals surface area contributed by atoms with Gasteiger partial charge in [-0.3, -0.25) is 4.79 Å². The van der Waals surface area contributed by atoms with E-state index in [0.717, 1.165) is 32.5 Å². The Hall–Kier alpha value is -0.570. The molecule has 1 fully saturated rings. The minimum atomic E-state index is 0.133. The summed E-state index contributed by atoms with van der Waals surface area (Å²) in [7, 11) is 2.22. The summed E-state index contributed by atoms with van der Waals surface area (Å²) in [6.45, 7) is 13.8. The molecule has 0 aromatic heterocycles. The molecule has 0 N–H and O–H groups in total. The summed E-state index contributed by atoms with van der Waals surface area (Å²) < 4.78 is 0. The van der Waals surface area contributed by atoms with Gasteiger partial charge in [-0.1, -0.05) is 34.6 Å². The van der Waals surface area contributed by atoms with Gasteiger partial charge in [0, 0.05) is 31.6 Å². The molecule has 1 saturated heterocycles. The number of nitrogens with zero attached hydrogens (tertiary/aromatic N) is 2. The van der Waals surface area contributed by atoms with Gasteiger partial charge >= 0.3 is 0 Å². The van der Waals surface area contributed by atoms with Crippen LogP contribution in [0.5, 0.6) is 0 Å². The molecule has 0 atom stereocenters. The molecule has 1 heterocycles. The molecule has 0 aromatic carbocycles. The zero-order valence-electron chi connectivity index (χ0n) is 13.0. The third kappa shape index (κ3) is 4.60. The number of rotatable bonds is 3. The number of carbonyl (C=O) groups is 1. The molecule has 0 bridgehead atoms. The van der Waals surface area contributed by atoms with E-state index in [1.54, 1.807) is 0 Å². The number of hydrogen-bond donors (Lipinski definition) is 0. The van der Waals surface area contributed by atoms with Crippen LogP contribution >= 0.6 is 0 Å². The van der Waals surface area contributed by atoms with Gasteiger partial charge in [0.1, 0.15) is 0 Å². The Morgan fingerprint density at radius 2 is 1.78 bits per heavy atom. The Balaban J connectivity index is 2.42. The van der Waals surface area contributed by atoms with Gasteiger partial charge in [-0.2, -0.15) is 0 Å². The SMILES string of the molecule is CC(C)C(=O)N1CCC(N(C)CC(C)(C)C)CC1. The lowest BCUT2D eigenvalue weighted by Crippen LogP contribution is -2.48. The van der Waals surface area contributed by atoms with Gasteiger partial charge < -0.3 is 9.80 Å². The zero-order chi connectivity index (χ0) is 13.9. The summed E-state index contributed by atoms with van der Waals surface area (Å²) in [6.07, 6.45) is 2.23. The molecule has 0 aromatic rings. The molecule has 106 valence electrons. The van der Waals surface area contributed by atoms with Crippen LogP contribution in [-0.2, 0) is 4.79 Å². The number of amides is 1. The molecular weight excluding hydrogens is 224 g/mol. The van der Waals surface area contributed by atoms with E-state index in [4.69, 9.17) is 0 Å².